The summed E-state index contributed by atoms with van der Waals surface area (Å²) in [5.41, 5.74) is 20.8. The molecule has 5 heterocycles. The molecule has 53 heavy (non-hydrogen) atoms. The molecule has 8 bridgehead atoms. The van der Waals surface area contributed by atoms with Crippen LogP contribution < -0.4 is 0 Å². The zero-order chi connectivity index (χ0) is 36.2. The fraction of sp³-hybridized carbons (Fsp3) is 0.0833. The second-order valence-corrected chi connectivity index (χ2v) is 14.9. The number of aromatic amines is 2. The Morgan fingerprint density at radius 2 is 0.698 bits per heavy atom. The van der Waals surface area contributed by atoms with Gasteiger partial charge >= 0.3 is 0 Å². The van der Waals surface area contributed by atoms with E-state index in [9.17, 15) is 0 Å². The number of aryl methyl sites for hydroxylation is 4. The predicted octanol–water partition coefficient (Wildman–Crippen LogP) is 13.3. The highest BCUT2D eigenvalue weighted by Gasteiger charge is 2.20. The highest BCUT2D eigenvalue weighted by molar-refractivity contribution is 9.10. The average Bonchev–Trinajstić information content (AvgIpc) is 3.99. The SMILES string of the molecule is Cc1ccc(-c2c3nc(c(-c4ccc(C)cc4)c4cc(Br)c([nH]4)c(-c4ccc(C)cc4)c4nc(c(-c5ccc(C)cc5)c5ccc2[nH]5)C=C4)C=C3)cc1. The lowest BCUT2D eigenvalue weighted by atomic mass is 10.0. The molecule has 0 saturated heterocycles. The van der Waals surface area contributed by atoms with Crippen molar-refractivity contribution in [3.8, 4) is 44.5 Å². The lowest BCUT2D eigenvalue weighted by Crippen LogP contribution is -1.90. The Kier molecular flexibility index (Phi) is 8.17. The van der Waals surface area contributed by atoms with Gasteiger partial charge in [-0.15, -0.1) is 0 Å². The third kappa shape index (κ3) is 6.07. The van der Waals surface area contributed by atoms with E-state index in [2.05, 4.69) is 193 Å². The third-order valence-corrected chi connectivity index (χ3v) is 10.8. The van der Waals surface area contributed by atoms with Crippen LogP contribution in [0.15, 0.2) is 120 Å². The molecule has 0 radical (unpaired) electrons. The summed E-state index contributed by atoms with van der Waals surface area (Å²) >= 11 is 4.00. The van der Waals surface area contributed by atoms with Gasteiger partial charge in [0.1, 0.15) is 0 Å². The monoisotopic (exact) mass is 748 g/mol. The molecule has 5 heteroatoms. The van der Waals surface area contributed by atoms with Crippen LogP contribution in [0, 0.1) is 27.7 Å². The molecule has 9 rings (SSSR count). The van der Waals surface area contributed by atoms with E-state index in [1.54, 1.807) is 0 Å². The van der Waals surface area contributed by atoms with Gasteiger partial charge in [-0.05, 0) is 108 Å². The maximum absolute atomic E-state index is 5.43. The maximum Gasteiger partial charge on any atom is 0.0737 e. The van der Waals surface area contributed by atoms with Crippen molar-refractivity contribution in [2.45, 2.75) is 27.7 Å². The second kappa shape index (κ2) is 13.2. The van der Waals surface area contributed by atoms with Gasteiger partial charge in [-0.25, -0.2) is 9.97 Å². The Hall–Kier alpha value is -6.04. The fourth-order valence-corrected chi connectivity index (χ4v) is 7.87. The Balaban J connectivity index is 1.49. The summed E-state index contributed by atoms with van der Waals surface area (Å²) in [6.45, 7) is 8.48. The Morgan fingerprint density at radius 3 is 1.08 bits per heavy atom. The van der Waals surface area contributed by atoms with Crippen LogP contribution in [-0.4, -0.2) is 19.9 Å². The molecule has 0 atom stereocenters. The van der Waals surface area contributed by atoms with Crippen LogP contribution in [0.2, 0.25) is 0 Å². The molecule has 0 fully saturated rings. The van der Waals surface area contributed by atoms with Crippen molar-refractivity contribution in [1.29, 1.82) is 0 Å². The molecular formula is C48H37BrN4. The van der Waals surface area contributed by atoms with Gasteiger partial charge in [0, 0.05) is 43.3 Å². The number of rotatable bonds is 4. The minimum absolute atomic E-state index is 0.888. The third-order valence-electron chi connectivity index (χ3n) is 10.2. The van der Waals surface area contributed by atoms with E-state index in [1.807, 2.05) is 0 Å². The summed E-state index contributed by atoms with van der Waals surface area (Å²) in [4.78, 5) is 18.6. The highest BCUT2D eigenvalue weighted by Crippen LogP contribution is 2.40. The normalized spacial score (nSPS) is 12.1. The smallest absolute Gasteiger partial charge is 0.0737 e. The summed E-state index contributed by atoms with van der Waals surface area (Å²) < 4.78 is 0.955. The van der Waals surface area contributed by atoms with E-state index in [0.717, 1.165) is 93.8 Å². The molecule has 2 aliphatic heterocycles. The minimum atomic E-state index is 0.888. The first-order valence-corrected chi connectivity index (χ1v) is 18.7. The number of H-pyrrole nitrogens is 2. The largest absolute Gasteiger partial charge is 0.354 e. The molecule has 4 nitrogen and oxygen atoms in total. The van der Waals surface area contributed by atoms with Crippen LogP contribution in [0.3, 0.4) is 0 Å². The van der Waals surface area contributed by atoms with Crippen LogP contribution in [0.5, 0.6) is 0 Å². The molecular weight excluding hydrogens is 712 g/mol. The Labute approximate surface area is 317 Å². The van der Waals surface area contributed by atoms with Crippen molar-refractivity contribution in [1.82, 2.24) is 19.9 Å². The quantitative estimate of drug-likeness (QED) is 0.188. The Morgan fingerprint density at radius 1 is 0.377 bits per heavy atom. The van der Waals surface area contributed by atoms with Crippen LogP contribution in [0.1, 0.15) is 45.0 Å². The minimum Gasteiger partial charge on any atom is -0.354 e. The molecule has 2 N–H and O–H groups in total. The van der Waals surface area contributed by atoms with E-state index >= 15 is 0 Å². The van der Waals surface area contributed by atoms with E-state index in [0.29, 0.717) is 0 Å². The summed E-state index contributed by atoms with van der Waals surface area (Å²) in [6, 6.07) is 41.3. The first-order chi connectivity index (χ1) is 25.8. The highest BCUT2D eigenvalue weighted by atomic mass is 79.9. The number of fused-ring (bicyclic) bond motifs is 8. The van der Waals surface area contributed by atoms with Gasteiger partial charge in [-0.3, -0.25) is 0 Å². The van der Waals surface area contributed by atoms with Gasteiger partial charge in [-0.1, -0.05) is 119 Å². The molecule has 3 aromatic heterocycles. The first kappa shape index (κ1) is 32.8. The maximum atomic E-state index is 5.43. The molecule has 4 aromatic carbocycles. The van der Waals surface area contributed by atoms with Crippen molar-refractivity contribution >= 4 is 62.3 Å². The van der Waals surface area contributed by atoms with Crippen molar-refractivity contribution in [3.63, 3.8) is 0 Å². The van der Waals surface area contributed by atoms with Gasteiger partial charge in [0.25, 0.3) is 0 Å². The zero-order valence-electron chi connectivity index (χ0n) is 30.1. The second-order valence-electron chi connectivity index (χ2n) is 14.1. The van der Waals surface area contributed by atoms with Crippen molar-refractivity contribution in [2.24, 2.45) is 0 Å². The van der Waals surface area contributed by atoms with Crippen molar-refractivity contribution in [2.75, 3.05) is 0 Å². The van der Waals surface area contributed by atoms with E-state index in [-0.39, 0.29) is 0 Å². The molecule has 0 saturated carbocycles. The standard InChI is InChI=1S/C48H37BrN4/c1-28-5-13-32(14-6-28)44-37-21-22-38(50-37)45(33-15-7-29(2)8-16-33)40-25-26-42(52-40)47(35-19-11-31(4)12-20-35)48-36(49)27-43(53-48)46(41-24-23-39(44)51-41)34-17-9-30(3)10-18-34/h5-27,50,53H,1-4H3. The molecule has 0 spiro atoms. The summed E-state index contributed by atoms with van der Waals surface area (Å²) in [6.07, 6.45) is 8.59. The van der Waals surface area contributed by atoms with Crippen LogP contribution in [0.4, 0.5) is 0 Å². The van der Waals surface area contributed by atoms with E-state index < -0.39 is 0 Å². The van der Waals surface area contributed by atoms with Gasteiger partial charge in [0.2, 0.25) is 0 Å². The molecule has 7 aromatic rings. The lowest BCUT2D eigenvalue weighted by Gasteiger charge is -2.08. The molecule has 0 unspecified atom stereocenters. The number of nitrogens with one attached hydrogen (secondary N) is 2. The van der Waals surface area contributed by atoms with E-state index in [4.69, 9.17) is 9.97 Å². The molecule has 0 aliphatic carbocycles. The number of nitrogens with zero attached hydrogens (tertiary/aromatic N) is 2. The van der Waals surface area contributed by atoms with Gasteiger partial charge < -0.3 is 9.97 Å². The number of hydrogen-bond acceptors (Lipinski definition) is 2. The number of benzene rings is 4. The van der Waals surface area contributed by atoms with E-state index in [1.165, 1.54) is 22.3 Å². The summed E-state index contributed by atoms with van der Waals surface area (Å²) in [7, 11) is 0. The molecule has 256 valence electrons. The number of hydrogen-bond donors (Lipinski definition) is 2. The van der Waals surface area contributed by atoms with Crippen molar-refractivity contribution < 1.29 is 0 Å². The molecule has 0 amide bonds. The zero-order valence-corrected chi connectivity index (χ0v) is 31.6. The summed E-state index contributed by atoms with van der Waals surface area (Å²) in [5.74, 6) is 0. The number of aromatic nitrogens is 4. The predicted molar refractivity (Wildman–Crippen MR) is 227 cm³/mol. The van der Waals surface area contributed by atoms with Gasteiger partial charge in [0.05, 0.1) is 28.3 Å². The summed E-state index contributed by atoms with van der Waals surface area (Å²) in [5, 5.41) is 0. The molecule has 2 aliphatic rings. The van der Waals surface area contributed by atoms with Crippen LogP contribution >= 0.6 is 15.9 Å². The first-order valence-electron chi connectivity index (χ1n) is 17.9. The van der Waals surface area contributed by atoms with Gasteiger partial charge in [0.15, 0.2) is 0 Å². The van der Waals surface area contributed by atoms with Crippen molar-refractivity contribution in [3.05, 3.63) is 165 Å². The fourth-order valence-electron chi connectivity index (χ4n) is 7.34. The van der Waals surface area contributed by atoms with Crippen LogP contribution in [-0.2, 0) is 0 Å². The number of halogens is 1. The Bertz CT molecular complexity index is 2780. The average molecular weight is 750 g/mol. The van der Waals surface area contributed by atoms with Gasteiger partial charge in [-0.2, -0.15) is 0 Å². The lowest BCUT2D eigenvalue weighted by molar-refractivity contribution is 1.31. The topological polar surface area (TPSA) is 57.4 Å². The van der Waals surface area contributed by atoms with Crippen LogP contribution in [0.25, 0.3) is 90.9 Å².